The highest BCUT2D eigenvalue weighted by atomic mass is 16.5. The van der Waals surface area contributed by atoms with Crippen LogP contribution in [0.5, 0.6) is 0 Å². The van der Waals surface area contributed by atoms with Crippen molar-refractivity contribution in [3.8, 4) is 5.82 Å². The van der Waals surface area contributed by atoms with Gasteiger partial charge in [0.05, 0.1) is 5.56 Å². The number of carbonyl (C=O) groups is 2. The van der Waals surface area contributed by atoms with Crippen LogP contribution in [-0.4, -0.2) is 34.2 Å². The van der Waals surface area contributed by atoms with Crippen LogP contribution in [0, 0.1) is 44.4 Å². The minimum Gasteiger partial charge on any atom is -0.452 e. The molecule has 6 rings (SSSR count). The molecule has 4 bridgehead atoms. The van der Waals surface area contributed by atoms with Gasteiger partial charge >= 0.3 is 5.97 Å². The van der Waals surface area contributed by atoms with Gasteiger partial charge in [0.2, 0.25) is 0 Å². The summed E-state index contributed by atoms with van der Waals surface area (Å²) in [5, 5.41) is 7.21. The van der Waals surface area contributed by atoms with E-state index in [4.69, 9.17) is 9.26 Å². The number of nitrogens with zero attached hydrogens (tertiary/aromatic N) is 2. The van der Waals surface area contributed by atoms with E-state index in [-0.39, 0.29) is 18.6 Å². The van der Waals surface area contributed by atoms with Crippen LogP contribution in [0.4, 0.5) is 0 Å². The predicted molar refractivity (Wildman–Crippen MR) is 109 cm³/mol. The number of aromatic nitrogens is 2. The van der Waals surface area contributed by atoms with E-state index in [9.17, 15) is 9.59 Å². The molecule has 4 saturated carbocycles. The second-order valence-electron chi connectivity index (χ2n) is 9.52. The van der Waals surface area contributed by atoms with Crippen LogP contribution in [0.15, 0.2) is 16.7 Å². The average Bonchev–Trinajstić information content (AvgIpc) is 3.24. The first-order valence-corrected chi connectivity index (χ1v) is 11.0. The molecule has 0 atom stereocenters. The number of hydrogen-bond acceptors (Lipinski definition) is 5. The molecule has 1 amide bonds. The molecule has 0 saturated heterocycles. The van der Waals surface area contributed by atoms with Crippen molar-refractivity contribution in [3.63, 3.8) is 0 Å². The molecular formula is C23H29N3O4. The van der Waals surface area contributed by atoms with Gasteiger partial charge in [-0.15, -0.1) is 0 Å². The summed E-state index contributed by atoms with van der Waals surface area (Å²) in [6.07, 6.45) is 6.35. The molecule has 1 N–H and O–H groups in total. The maximum absolute atomic E-state index is 12.6. The second-order valence-corrected chi connectivity index (χ2v) is 9.52. The lowest BCUT2D eigenvalue weighted by atomic mass is 9.54. The number of ether oxygens (including phenoxy) is 1. The van der Waals surface area contributed by atoms with Crippen molar-refractivity contribution in [3.05, 3.63) is 34.8 Å². The third kappa shape index (κ3) is 3.34. The van der Waals surface area contributed by atoms with Crippen molar-refractivity contribution in [2.24, 2.45) is 23.7 Å². The SMILES string of the molecule is Cc1cc(-n2c(C)cc(C(=O)OCC(=O)NC3C4CC5CC(C4)CC3C5)c2C)no1. The summed E-state index contributed by atoms with van der Waals surface area (Å²) in [5.41, 5.74) is 2.01. The molecule has 4 aliphatic rings. The number of aryl methyl sites for hydroxylation is 2. The Morgan fingerprint density at radius 2 is 1.77 bits per heavy atom. The zero-order valence-electron chi connectivity index (χ0n) is 17.8. The zero-order valence-corrected chi connectivity index (χ0v) is 17.8. The van der Waals surface area contributed by atoms with Crippen molar-refractivity contribution < 1.29 is 18.8 Å². The van der Waals surface area contributed by atoms with E-state index in [0.717, 1.165) is 17.5 Å². The Hall–Kier alpha value is -2.57. The number of hydrogen-bond donors (Lipinski definition) is 1. The predicted octanol–water partition coefficient (Wildman–Crippen LogP) is 3.49. The monoisotopic (exact) mass is 411 g/mol. The number of esters is 1. The van der Waals surface area contributed by atoms with Crippen LogP contribution in [0.3, 0.4) is 0 Å². The summed E-state index contributed by atoms with van der Waals surface area (Å²) in [5.74, 6) is 3.57. The molecule has 30 heavy (non-hydrogen) atoms. The molecular weight excluding hydrogens is 382 g/mol. The molecule has 0 aromatic carbocycles. The maximum Gasteiger partial charge on any atom is 0.340 e. The smallest absolute Gasteiger partial charge is 0.340 e. The number of carbonyl (C=O) groups excluding carboxylic acids is 2. The summed E-state index contributed by atoms with van der Waals surface area (Å²) in [6.45, 7) is 5.31. The fourth-order valence-electron chi connectivity index (χ4n) is 6.38. The highest BCUT2D eigenvalue weighted by Gasteiger charge is 2.48. The normalized spacial score (nSPS) is 29.2. The van der Waals surface area contributed by atoms with Crippen LogP contribution in [0.2, 0.25) is 0 Å². The van der Waals surface area contributed by atoms with Crippen molar-refractivity contribution in [2.75, 3.05) is 6.61 Å². The molecule has 4 aliphatic carbocycles. The molecule has 0 aliphatic heterocycles. The molecule has 0 unspecified atom stereocenters. The fourth-order valence-corrected chi connectivity index (χ4v) is 6.38. The van der Waals surface area contributed by atoms with Crippen LogP contribution in [0.1, 0.15) is 59.6 Å². The van der Waals surface area contributed by atoms with E-state index in [2.05, 4.69) is 10.5 Å². The number of amides is 1. The van der Waals surface area contributed by atoms with Crippen molar-refractivity contribution in [2.45, 2.75) is 58.9 Å². The molecule has 0 spiro atoms. The van der Waals surface area contributed by atoms with Gasteiger partial charge in [0.1, 0.15) is 5.76 Å². The minimum absolute atomic E-state index is 0.193. The highest BCUT2D eigenvalue weighted by Crippen LogP contribution is 2.53. The third-order valence-electron chi connectivity index (χ3n) is 7.38. The molecule has 0 radical (unpaired) electrons. The Morgan fingerprint density at radius 3 is 2.37 bits per heavy atom. The summed E-state index contributed by atoms with van der Waals surface area (Å²) in [4.78, 5) is 25.2. The van der Waals surface area contributed by atoms with E-state index in [1.54, 1.807) is 6.07 Å². The third-order valence-corrected chi connectivity index (χ3v) is 7.38. The largest absolute Gasteiger partial charge is 0.452 e. The summed E-state index contributed by atoms with van der Waals surface area (Å²) in [6, 6.07) is 3.83. The topological polar surface area (TPSA) is 86.4 Å². The van der Waals surface area contributed by atoms with E-state index >= 15 is 0 Å². The molecule has 2 aromatic rings. The lowest BCUT2D eigenvalue weighted by Crippen LogP contribution is -2.56. The quantitative estimate of drug-likeness (QED) is 0.761. The second kappa shape index (κ2) is 7.29. The minimum atomic E-state index is -0.491. The van der Waals surface area contributed by atoms with Crippen LogP contribution >= 0.6 is 0 Å². The van der Waals surface area contributed by atoms with Gasteiger partial charge in [-0.2, -0.15) is 0 Å². The number of rotatable bonds is 5. The molecule has 7 heteroatoms. The van der Waals surface area contributed by atoms with Gasteiger partial charge in [0.25, 0.3) is 5.91 Å². The van der Waals surface area contributed by atoms with Crippen molar-refractivity contribution >= 4 is 11.9 Å². The van der Waals surface area contributed by atoms with Gasteiger partial charge in [-0.1, -0.05) is 5.16 Å². The Morgan fingerprint density at radius 1 is 1.10 bits per heavy atom. The Bertz CT molecular complexity index is 961. The average molecular weight is 412 g/mol. The van der Waals surface area contributed by atoms with Gasteiger partial charge in [-0.05, 0) is 82.6 Å². The van der Waals surface area contributed by atoms with Crippen molar-refractivity contribution in [1.82, 2.24) is 15.0 Å². The molecule has 2 aromatic heterocycles. The lowest BCUT2D eigenvalue weighted by Gasteiger charge is -2.54. The van der Waals surface area contributed by atoms with Crippen LogP contribution in [0.25, 0.3) is 5.82 Å². The molecule has 4 fully saturated rings. The highest BCUT2D eigenvalue weighted by molar-refractivity contribution is 5.93. The van der Waals surface area contributed by atoms with Gasteiger partial charge in [0.15, 0.2) is 12.4 Å². The summed E-state index contributed by atoms with van der Waals surface area (Å²) >= 11 is 0. The fraction of sp³-hybridized carbons (Fsp3) is 0.609. The van der Waals surface area contributed by atoms with Crippen LogP contribution < -0.4 is 5.32 Å². The summed E-state index contributed by atoms with van der Waals surface area (Å²) < 4.78 is 12.4. The molecule has 2 heterocycles. The Balaban J connectivity index is 1.21. The Labute approximate surface area is 176 Å². The lowest BCUT2D eigenvalue weighted by molar-refractivity contribution is -0.128. The van der Waals surface area contributed by atoms with Gasteiger partial charge in [-0.3, -0.25) is 9.36 Å². The van der Waals surface area contributed by atoms with Gasteiger partial charge < -0.3 is 14.6 Å². The van der Waals surface area contributed by atoms with E-state index < -0.39 is 5.97 Å². The first-order chi connectivity index (χ1) is 14.4. The van der Waals surface area contributed by atoms with E-state index in [1.165, 1.54) is 32.1 Å². The first-order valence-electron chi connectivity index (χ1n) is 11.0. The Kier molecular flexibility index (Phi) is 4.71. The van der Waals surface area contributed by atoms with Crippen LogP contribution in [-0.2, 0) is 9.53 Å². The standard InChI is InChI=1S/C23H29N3O4/c1-12-4-19(14(3)26(12)20-5-13(2)30-25-20)23(28)29-11-21(27)24-22-17-7-15-6-16(9-17)10-18(22)8-15/h4-5,15-18,22H,6-11H2,1-3H3,(H,24,27). The van der Waals surface area contributed by atoms with Crippen molar-refractivity contribution in [1.29, 1.82) is 0 Å². The molecule has 7 nitrogen and oxygen atoms in total. The summed E-state index contributed by atoms with van der Waals surface area (Å²) in [7, 11) is 0. The first kappa shape index (κ1) is 19.4. The number of nitrogens with one attached hydrogen (secondary N) is 1. The van der Waals surface area contributed by atoms with Gasteiger partial charge in [-0.25, -0.2) is 4.79 Å². The van der Waals surface area contributed by atoms with Gasteiger partial charge in [0, 0.05) is 23.5 Å². The maximum atomic E-state index is 12.6. The van der Waals surface area contributed by atoms with E-state index in [0.29, 0.717) is 34.7 Å². The zero-order chi connectivity index (χ0) is 21.0. The molecule has 160 valence electrons. The van der Waals surface area contributed by atoms with E-state index in [1.807, 2.05) is 31.4 Å².